The van der Waals surface area contributed by atoms with Crippen LogP contribution in [0, 0.1) is 5.82 Å². The molecule has 4 rings (SSSR count). The maximum absolute atomic E-state index is 13.0. The van der Waals surface area contributed by atoms with E-state index in [-0.39, 0.29) is 18.5 Å². The van der Waals surface area contributed by atoms with Crippen LogP contribution in [0.1, 0.15) is 22.0 Å². The molecule has 1 aliphatic rings. The van der Waals surface area contributed by atoms with Gasteiger partial charge in [-0.3, -0.25) is 4.90 Å². The van der Waals surface area contributed by atoms with Crippen molar-refractivity contribution in [3.05, 3.63) is 87.9 Å². The minimum Gasteiger partial charge on any atom is -0.491 e. The van der Waals surface area contributed by atoms with E-state index in [1.54, 1.807) is 12.1 Å². The highest BCUT2D eigenvalue weighted by Gasteiger charge is 2.30. The van der Waals surface area contributed by atoms with Gasteiger partial charge >= 0.3 is 0 Å². The number of rotatable bonds is 6. The highest BCUT2D eigenvalue weighted by Crippen LogP contribution is 2.37. The lowest BCUT2D eigenvalue weighted by molar-refractivity contribution is 0.0557. The Kier molecular flexibility index (Phi) is 5.53. The molecule has 0 unspecified atom stereocenters. The summed E-state index contributed by atoms with van der Waals surface area (Å²) in [5.41, 5.74) is 2.58. The van der Waals surface area contributed by atoms with Crippen LogP contribution in [-0.4, -0.2) is 35.8 Å². The zero-order valence-electron chi connectivity index (χ0n) is 14.9. The maximum Gasteiger partial charge on any atom is 0.123 e. The van der Waals surface area contributed by atoms with Crippen LogP contribution in [-0.2, 0) is 6.42 Å². The van der Waals surface area contributed by atoms with Crippen LogP contribution in [0.3, 0.4) is 0 Å². The van der Waals surface area contributed by atoms with E-state index in [9.17, 15) is 9.50 Å². The van der Waals surface area contributed by atoms with Crippen LogP contribution in [0.2, 0.25) is 0 Å². The Balaban J connectivity index is 1.46. The predicted molar refractivity (Wildman–Crippen MR) is 106 cm³/mol. The lowest BCUT2D eigenvalue weighted by Gasteiger charge is -2.37. The summed E-state index contributed by atoms with van der Waals surface area (Å²) in [5, 5.41) is 12.7. The summed E-state index contributed by atoms with van der Waals surface area (Å²) in [6.07, 6.45) is 0.378. The van der Waals surface area contributed by atoms with E-state index in [0.29, 0.717) is 12.3 Å². The normalized spacial score (nSPS) is 18.1. The third-order valence-corrected chi connectivity index (χ3v) is 5.88. The zero-order chi connectivity index (χ0) is 18.6. The molecule has 0 aliphatic carbocycles. The van der Waals surface area contributed by atoms with Gasteiger partial charge in [0.2, 0.25) is 0 Å². The molecule has 0 bridgehead atoms. The van der Waals surface area contributed by atoms with Gasteiger partial charge in [-0.1, -0.05) is 30.3 Å². The van der Waals surface area contributed by atoms with E-state index >= 15 is 0 Å². The number of aliphatic hydroxyl groups excluding tert-OH is 1. The molecule has 0 saturated heterocycles. The smallest absolute Gasteiger partial charge is 0.123 e. The molecule has 0 spiro atoms. The summed E-state index contributed by atoms with van der Waals surface area (Å²) < 4.78 is 18.6. The number of thiophene rings is 1. The molecule has 0 saturated carbocycles. The van der Waals surface area contributed by atoms with Gasteiger partial charge in [-0.05, 0) is 53.3 Å². The van der Waals surface area contributed by atoms with Crippen molar-refractivity contribution in [3.63, 3.8) is 0 Å². The summed E-state index contributed by atoms with van der Waals surface area (Å²) in [6, 6.07) is 18.7. The summed E-state index contributed by atoms with van der Waals surface area (Å²) in [5.74, 6) is 0.266. The van der Waals surface area contributed by atoms with Gasteiger partial charge in [-0.25, -0.2) is 4.39 Å². The zero-order valence-corrected chi connectivity index (χ0v) is 15.7. The second-order valence-corrected chi connectivity index (χ2v) is 7.78. The van der Waals surface area contributed by atoms with Gasteiger partial charge in [0.15, 0.2) is 0 Å². The van der Waals surface area contributed by atoms with E-state index in [4.69, 9.17) is 4.74 Å². The Hall–Kier alpha value is -2.21. The number of benzene rings is 2. The molecular formula is C22H22FNO2S. The average molecular weight is 383 g/mol. The maximum atomic E-state index is 13.0. The fourth-order valence-corrected chi connectivity index (χ4v) is 4.54. The number of nitrogens with zero attached hydrogens (tertiary/aromatic N) is 1. The first-order valence-corrected chi connectivity index (χ1v) is 10.0. The fraction of sp³-hybridized carbons (Fsp3) is 0.273. The Morgan fingerprint density at radius 3 is 2.67 bits per heavy atom. The number of hydrogen-bond acceptors (Lipinski definition) is 4. The molecule has 3 aromatic rings. The standard InChI is InChI=1S/C22H22FNO2S/c23-17-6-8-19(9-7-17)26-15-18(25)14-24-12-10-21-20(11-13-27-21)22(24)16-4-2-1-3-5-16/h1-9,11,13,18,22,25H,10,12,14-15H2/t18-,22+/m1/s1. The second-order valence-electron chi connectivity index (χ2n) is 6.78. The first-order valence-electron chi connectivity index (χ1n) is 9.12. The van der Waals surface area contributed by atoms with E-state index < -0.39 is 6.10 Å². The topological polar surface area (TPSA) is 32.7 Å². The average Bonchev–Trinajstić information content (AvgIpc) is 3.17. The van der Waals surface area contributed by atoms with Crippen molar-refractivity contribution >= 4 is 11.3 Å². The molecule has 0 fully saturated rings. The number of halogens is 1. The van der Waals surface area contributed by atoms with Crippen LogP contribution in [0.5, 0.6) is 5.75 Å². The highest BCUT2D eigenvalue weighted by molar-refractivity contribution is 7.10. The SMILES string of the molecule is O[C@@H](COc1ccc(F)cc1)CN1CCc2sccc2[C@@H]1c1ccccc1. The van der Waals surface area contributed by atoms with E-state index in [0.717, 1.165) is 13.0 Å². The quantitative estimate of drug-likeness (QED) is 0.690. The molecule has 3 nitrogen and oxygen atoms in total. The third kappa shape index (κ3) is 4.21. The van der Waals surface area contributed by atoms with Gasteiger partial charge in [-0.15, -0.1) is 11.3 Å². The van der Waals surface area contributed by atoms with Crippen molar-refractivity contribution in [2.24, 2.45) is 0 Å². The minimum absolute atomic E-state index is 0.154. The van der Waals surface area contributed by atoms with Crippen LogP contribution in [0.4, 0.5) is 4.39 Å². The molecule has 0 amide bonds. The molecule has 1 aliphatic heterocycles. The first kappa shape index (κ1) is 18.2. The van der Waals surface area contributed by atoms with Crippen molar-refractivity contribution in [1.29, 1.82) is 0 Å². The van der Waals surface area contributed by atoms with Crippen LogP contribution >= 0.6 is 11.3 Å². The monoisotopic (exact) mass is 383 g/mol. The van der Waals surface area contributed by atoms with Gasteiger partial charge in [0.1, 0.15) is 24.3 Å². The molecule has 27 heavy (non-hydrogen) atoms. The van der Waals surface area contributed by atoms with Crippen LogP contribution in [0.25, 0.3) is 0 Å². The van der Waals surface area contributed by atoms with Gasteiger partial charge < -0.3 is 9.84 Å². The van der Waals surface area contributed by atoms with Crippen molar-refractivity contribution < 1.29 is 14.2 Å². The van der Waals surface area contributed by atoms with Crippen molar-refractivity contribution in [2.45, 2.75) is 18.6 Å². The van der Waals surface area contributed by atoms with Crippen molar-refractivity contribution in [1.82, 2.24) is 4.90 Å². The van der Waals surface area contributed by atoms with Gasteiger partial charge in [0, 0.05) is 18.0 Å². The highest BCUT2D eigenvalue weighted by atomic mass is 32.1. The molecule has 2 atom stereocenters. The van der Waals surface area contributed by atoms with Crippen molar-refractivity contribution in [2.75, 3.05) is 19.7 Å². The molecule has 2 aromatic carbocycles. The molecule has 1 aromatic heterocycles. The Morgan fingerprint density at radius 2 is 1.89 bits per heavy atom. The predicted octanol–water partition coefficient (Wildman–Crippen LogP) is 4.27. The van der Waals surface area contributed by atoms with E-state index in [1.165, 1.54) is 28.1 Å². The Labute approximate surface area is 162 Å². The van der Waals surface area contributed by atoms with E-state index in [2.05, 4.69) is 40.6 Å². The molecular weight excluding hydrogens is 361 g/mol. The lowest BCUT2D eigenvalue weighted by Crippen LogP contribution is -2.42. The van der Waals surface area contributed by atoms with E-state index in [1.807, 2.05) is 17.4 Å². The lowest BCUT2D eigenvalue weighted by atomic mass is 9.93. The van der Waals surface area contributed by atoms with Gasteiger partial charge in [-0.2, -0.15) is 0 Å². The largest absolute Gasteiger partial charge is 0.491 e. The number of β-amino-alcohol motifs (C(OH)–C–C–N with tert-alkyl or cyclic N) is 1. The Morgan fingerprint density at radius 1 is 1.11 bits per heavy atom. The second kappa shape index (κ2) is 8.21. The third-order valence-electron chi connectivity index (χ3n) is 4.88. The Bertz CT molecular complexity index is 866. The number of fused-ring (bicyclic) bond motifs is 1. The number of aliphatic hydroxyl groups is 1. The van der Waals surface area contributed by atoms with Gasteiger partial charge in [0.25, 0.3) is 0 Å². The summed E-state index contributed by atoms with van der Waals surface area (Å²) in [4.78, 5) is 3.75. The van der Waals surface area contributed by atoms with Crippen LogP contribution in [0.15, 0.2) is 66.0 Å². The molecule has 0 radical (unpaired) electrons. The molecule has 140 valence electrons. The number of ether oxygens (including phenoxy) is 1. The summed E-state index contributed by atoms with van der Waals surface area (Å²) >= 11 is 1.81. The van der Waals surface area contributed by atoms with Gasteiger partial charge in [0.05, 0.1) is 6.04 Å². The van der Waals surface area contributed by atoms with Crippen LogP contribution < -0.4 is 4.74 Å². The fourth-order valence-electron chi connectivity index (χ4n) is 3.64. The molecule has 1 N–H and O–H groups in total. The summed E-state index contributed by atoms with van der Waals surface area (Å²) in [7, 11) is 0. The molecule has 2 heterocycles. The van der Waals surface area contributed by atoms with Crippen molar-refractivity contribution in [3.8, 4) is 5.75 Å². The summed E-state index contributed by atoms with van der Waals surface area (Å²) in [6.45, 7) is 1.61. The number of hydrogen-bond donors (Lipinski definition) is 1. The molecule has 5 heteroatoms. The minimum atomic E-state index is -0.624. The first-order chi connectivity index (χ1) is 13.2.